The van der Waals surface area contributed by atoms with E-state index in [1.807, 2.05) is 6.08 Å². The fourth-order valence-corrected chi connectivity index (χ4v) is 6.11. The molecule has 1 nitrogen and oxygen atoms in total. The van der Waals surface area contributed by atoms with Crippen molar-refractivity contribution in [3.63, 3.8) is 0 Å². The van der Waals surface area contributed by atoms with E-state index in [0.717, 1.165) is 50.9 Å². The first-order valence-electron chi connectivity index (χ1n) is 13.4. The Morgan fingerprint density at radius 3 is 2.27 bits per heavy atom. The van der Waals surface area contributed by atoms with Crippen molar-refractivity contribution in [2.75, 3.05) is 6.61 Å². The first-order valence-corrected chi connectivity index (χ1v) is 13.4. The number of hydrogen-bond acceptors (Lipinski definition) is 1. The van der Waals surface area contributed by atoms with E-state index in [4.69, 9.17) is 4.74 Å². The third-order valence-electron chi connectivity index (χ3n) is 8.17. The summed E-state index contributed by atoms with van der Waals surface area (Å²) >= 11 is 0. The minimum atomic E-state index is -1.77. The fourth-order valence-electron chi connectivity index (χ4n) is 6.11. The van der Waals surface area contributed by atoms with Crippen LogP contribution in [0.3, 0.4) is 0 Å². The molecule has 0 unspecified atom stereocenters. The fraction of sp³-hybridized carbons (Fsp3) is 0.724. The molecule has 3 rings (SSSR count). The van der Waals surface area contributed by atoms with Crippen molar-refractivity contribution < 1.29 is 17.9 Å². The Morgan fingerprint density at radius 1 is 0.939 bits per heavy atom. The highest BCUT2D eigenvalue weighted by molar-refractivity contribution is 5.34. The van der Waals surface area contributed by atoms with Gasteiger partial charge in [-0.15, -0.1) is 6.58 Å². The van der Waals surface area contributed by atoms with Crippen molar-refractivity contribution in [2.45, 2.75) is 109 Å². The molecule has 0 aliphatic heterocycles. The van der Waals surface area contributed by atoms with Crippen LogP contribution in [-0.4, -0.2) is 6.61 Å². The van der Waals surface area contributed by atoms with Crippen LogP contribution in [0.5, 0.6) is 5.75 Å². The second kappa shape index (κ2) is 12.9. The number of unbranched alkanes of at least 4 members (excludes halogenated alkanes) is 4. The van der Waals surface area contributed by atoms with Gasteiger partial charge in [-0.3, -0.25) is 0 Å². The van der Waals surface area contributed by atoms with E-state index in [2.05, 4.69) is 13.5 Å². The molecule has 0 spiro atoms. The van der Waals surface area contributed by atoms with Crippen molar-refractivity contribution in [1.82, 2.24) is 0 Å². The Hall–Kier alpha value is -1.45. The van der Waals surface area contributed by atoms with E-state index in [1.54, 1.807) is 0 Å². The van der Waals surface area contributed by atoms with Gasteiger partial charge in [0.05, 0.1) is 6.61 Å². The number of hydrogen-bond donors (Lipinski definition) is 0. The zero-order chi connectivity index (χ0) is 23.7. The highest BCUT2D eigenvalue weighted by Gasteiger charge is 2.42. The molecule has 2 saturated carbocycles. The van der Waals surface area contributed by atoms with Gasteiger partial charge in [0.25, 0.3) is 0 Å². The van der Waals surface area contributed by atoms with Crippen LogP contribution in [0, 0.1) is 29.4 Å². The van der Waals surface area contributed by atoms with E-state index in [0.29, 0.717) is 18.4 Å². The number of halogens is 3. The smallest absolute Gasteiger partial charge is 0.201 e. The van der Waals surface area contributed by atoms with Crippen molar-refractivity contribution in [2.24, 2.45) is 17.8 Å². The maximum Gasteiger partial charge on any atom is 0.201 e. The predicted octanol–water partition coefficient (Wildman–Crippen LogP) is 9.44. The summed E-state index contributed by atoms with van der Waals surface area (Å²) in [5.41, 5.74) is -1.90. The summed E-state index contributed by atoms with van der Waals surface area (Å²) in [6.45, 7) is 6.29. The van der Waals surface area contributed by atoms with Crippen LogP contribution in [0.25, 0.3) is 0 Å². The Labute approximate surface area is 199 Å². The third-order valence-corrected chi connectivity index (χ3v) is 8.17. The predicted molar refractivity (Wildman–Crippen MR) is 130 cm³/mol. The van der Waals surface area contributed by atoms with Gasteiger partial charge >= 0.3 is 0 Å². The van der Waals surface area contributed by atoms with Crippen LogP contribution < -0.4 is 4.74 Å². The van der Waals surface area contributed by atoms with Crippen LogP contribution in [-0.2, 0) is 5.67 Å². The Bertz CT molecular complexity index is 731. The number of benzene rings is 1. The molecular weight excluding hydrogens is 421 g/mol. The largest absolute Gasteiger partial charge is 0.490 e. The summed E-state index contributed by atoms with van der Waals surface area (Å²) in [7, 11) is 0. The zero-order valence-corrected chi connectivity index (χ0v) is 20.5. The summed E-state index contributed by atoms with van der Waals surface area (Å²) in [5.74, 6) is -0.157. The van der Waals surface area contributed by atoms with Crippen molar-refractivity contribution >= 4 is 0 Å². The SMILES string of the molecule is C=CCCCCCCOc1ccc(C2(F)CCC(C3CCC(CCC)CC3)CC2)c(F)c1F. The van der Waals surface area contributed by atoms with Crippen LogP contribution in [0.4, 0.5) is 13.2 Å². The zero-order valence-electron chi connectivity index (χ0n) is 20.5. The highest BCUT2D eigenvalue weighted by atomic mass is 19.2. The summed E-state index contributed by atoms with van der Waals surface area (Å²) in [6.07, 6.45) is 16.6. The molecule has 2 aliphatic carbocycles. The normalized spacial score (nSPS) is 27.9. The van der Waals surface area contributed by atoms with Crippen LogP contribution in [0.1, 0.15) is 109 Å². The number of allylic oxidation sites excluding steroid dienone is 1. The molecule has 0 N–H and O–H groups in total. The van der Waals surface area contributed by atoms with Gasteiger partial charge in [-0.1, -0.05) is 51.5 Å². The Morgan fingerprint density at radius 2 is 1.61 bits per heavy atom. The number of alkyl halides is 1. The summed E-state index contributed by atoms with van der Waals surface area (Å²) < 4.78 is 50.8. The van der Waals surface area contributed by atoms with Crippen LogP contribution in [0.15, 0.2) is 24.8 Å². The number of ether oxygens (including phenoxy) is 1. The molecule has 0 saturated heterocycles. The Kier molecular flexibility index (Phi) is 10.2. The first-order chi connectivity index (χ1) is 16.0. The first kappa shape index (κ1) is 26.2. The van der Waals surface area contributed by atoms with Gasteiger partial charge in [-0.05, 0) is 87.7 Å². The lowest BCUT2D eigenvalue weighted by Gasteiger charge is -2.40. The lowest BCUT2D eigenvalue weighted by molar-refractivity contribution is 0.0487. The molecule has 0 amide bonds. The second-order valence-electron chi connectivity index (χ2n) is 10.5. The molecule has 33 heavy (non-hydrogen) atoms. The Balaban J connectivity index is 1.50. The van der Waals surface area contributed by atoms with Gasteiger partial charge in [0, 0.05) is 5.56 Å². The summed E-state index contributed by atoms with van der Waals surface area (Å²) in [5, 5.41) is 0. The van der Waals surface area contributed by atoms with Gasteiger partial charge in [0.15, 0.2) is 11.6 Å². The lowest BCUT2D eigenvalue weighted by atomic mass is 9.67. The maximum atomic E-state index is 15.8. The van der Waals surface area contributed by atoms with Gasteiger partial charge in [-0.25, -0.2) is 8.78 Å². The molecule has 2 fully saturated rings. The van der Waals surface area contributed by atoms with Gasteiger partial charge in [0.2, 0.25) is 5.82 Å². The van der Waals surface area contributed by atoms with E-state index in [1.165, 1.54) is 50.7 Å². The molecule has 2 aliphatic rings. The molecule has 1 aromatic rings. The standard InChI is InChI=1S/C29H43F3O/c1-3-5-6-7-8-9-21-33-26-16-15-25(27(30)28(26)31)29(32)19-17-24(18-20-29)23-13-11-22(10-4-2)12-14-23/h3,15-16,22-24H,1,4-14,17-21H2,2H3. The van der Waals surface area contributed by atoms with E-state index in [-0.39, 0.29) is 24.2 Å². The number of rotatable bonds is 12. The van der Waals surface area contributed by atoms with Crippen LogP contribution in [0.2, 0.25) is 0 Å². The molecule has 0 bridgehead atoms. The highest BCUT2D eigenvalue weighted by Crippen LogP contribution is 2.49. The average molecular weight is 465 g/mol. The monoisotopic (exact) mass is 464 g/mol. The quantitative estimate of drug-likeness (QED) is 0.221. The van der Waals surface area contributed by atoms with Crippen molar-refractivity contribution in [3.05, 3.63) is 42.0 Å². The van der Waals surface area contributed by atoms with Gasteiger partial charge in [0.1, 0.15) is 5.67 Å². The molecule has 0 aromatic heterocycles. The van der Waals surface area contributed by atoms with Crippen molar-refractivity contribution in [1.29, 1.82) is 0 Å². The molecule has 1 aromatic carbocycles. The molecule has 0 heterocycles. The molecule has 4 heteroatoms. The molecule has 186 valence electrons. The van der Waals surface area contributed by atoms with Gasteiger partial charge in [-0.2, -0.15) is 4.39 Å². The molecule has 0 radical (unpaired) electrons. The topological polar surface area (TPSA) is 9.23 Å². The van der Waals surface area contributed by atoms with E-state index in [9.17, 15) is 8.78 Å². The van der Waals surface area contributed by atoms with E-state index < -0.39 is 17.3 Å². The summed E-state index contributed by atoms with van der Waals surface area (Å²) in [4.78, 5) is 0. The van der Waals surface area contributed by atoms with Gasteiger partial charge < -0.3 is 4.74 Å². The minimum Gasteiger partial charge on any atom is -0.490 e. The maximum absolute atomic E-state index is 15.8. The van der Waals surface area contributed by atoms with E-state index >= 15 is 4.39 Å². The molecular formula is C29H43F3O. The van der Waals surface area contributed by atoms with Crippen molar-refractivity contribution in [3.8, 4) is 5.75 Å². The minimum absolute atomic E-state index is 0.108. The second-order valence-corrected chi connectivity index (χ2v) is 10.5. The summed E-state index contributed by atoms with van der Waals surface area (Å²) in [6, 6.07) is 2.82. The lowest BCUT2D eigenvalue weighted by Crippen LogP contribution is -2.32. The molecule has 0 atom stereocenters. The third kappa shape index (κ3) is 7.02. The average Bonchev–Trinajstić information content (AvgIpc) is 2.82. The van der Waals surface area contributed by atoms with Crippen LogP contribution >= 0.6 is 0 Å².